The van der Waals surface area contributed by atoms with Gasteiger partial charge in [0, 0.05) is 28.0 Å². The van der Waals surface area contributed by atoms with Crippen LogP contribution < -0.4 is 0 Å². The molecule has 0 saturated heterocycles. The highest BCUT2D eigenvalue weighted by Crippen LogP contribution is 2.21. The Morgan fingerprint density at radius 3 is 2.54 bits per heavy atom. The van der Waals surface area contributed by atoms with Crippen molar-refractivity contribution in [3.8, 4) is 5.69 Å². The van der Waals surface area contributed by atoms with Gasteiger partial charge in [-0.1, -0.05) is 39.7 Å². The molecule has 0 radical (unpaired) electrons. The van der Waals surface area contributed by atoms with Crippen LogP contribution in [0.15, 0.2) is 58.1 Å². The van der Waals surface area contributed by atoms with Crippen molar-refractivity contribution in [2.75, 3.05) is 0 Å². The van der Waals surface area contributed by atoms with E-state index in [4.69, 9.17) is 23.8 Å². The lowest BCUT2D eigenvalue weighted by Crippen LogP contribution is -2.32. The van der Waals surface area contributed by atoms with Crippen LogP contribution in [0.1, 0.15) is 24.2 Å². The van der Waals surface area contributed by atoms with Gasteiger partial charge in [0.25, 0.3) is 0 Å². The van der Waals surface area contributed by atoms with Gasteiger partial charge in [-0.3, -0.25) is 14.5 Å². The molecule has 9 heteroatoms. The number of H-pyrrole nitrogens is 1. The van der Waals surface area contributed by atoms with Crippen molar-refractivity contribution in [1.82, 2.24) is 19.8 Å². The number of rotatable bonds is 4. The average Bonchev–Trinajstić information content (AvgIpc) is 3.05. The Bertz CT molecular complexity index is 1100. The summed E-state index contributed by atoms with van der Waals surface area (Å²) in [6.45, 7) is 0.221. The number of carbonyl (C=O) groups excluding carboxylic acids is 1. The van der Waals surface area contributed by atoms with Crippen molar-refractivity contribution in [2.45, 2.75) is 19.4 Å². The van der Waals surface area contributed by atoms with Crippen molar-refractivity contribution in [1.29, 1.82) is 0 Å². The number of aromatic amines is 1. The van der Waals surface area contributed by atoms with E-state index in [1.165, 1.54) is 5.01 Å². The minimum atomic E-state index is -0.0472. The molecule has 1 aliphatic heterocycles. The third kappa shape index (κ3) is 3.94. The monoisotopic (exact) mass is 475 g/mol. The van der Waals surface area contributed by atoms with Gasteiger partial charge >= 0.3 is 0 Å². The fraction of sp³-hybridized carbons (Fsp3) is 0.158. The van der Waals surface area contributed by atoms with Crippen molar-refractivity contribution < 1.29 is 4.79 Å². The zero-order valence-corrected chi connectivity index (χ0v) is 17.8. The lowest BCUT2D eigenvalue weighted by Gasteiger charge is -2.23. The summed E-state index contributed by atoms with van der Waals surface area (Å²) in [4.78, 5) is 12.4. The van der Waals surface area contributed by atoms with Gasteiger partial charge < -0.3 is 0 Å². The number of hydrazone groups is 1. The number of nitrogens with one attached hydrogen (secondary N) is 1. The molecule has 1 amide bonds. The van der Waals surface area contributed by atoms with E-state index >= 15 is 0 Å². The Balaban J connectivity index is 1.66. The van der Waals surface area contributed by atoms with Gasteiger partial charge in [0.15, 0.2) is 10.6 Å². The Morgan fingerprint density at radius 2 is 1.82 bits per heavy atom. The maximum absolute atomic E-state index is 12.4. The van der Waals surface area contributed by atoms with Crippen molar-refractivity contribution in [3.63, 3.8) is 0 Å². The number of nitrogens with zero attached hydrogens (tertiary/aromatic N) is 4. The maximum atomic E-state index is 12.4. The fourth-order valence-corrected chi connectivity index (χ4v) is 3.65. The van der Waals surface area contributed by atoms with E-state index in [1.807, 2.05) is 48.5 Å². The summed E-state index contributed by atoms with van der Waals surface area (Å²) >= 11 is 14.8. The normalized spacial score (nSPS) is 14.3. The van der Waals surface area contributed by atoms with E-state index in [1.54, 1.807) is 4.57 Å². The van der Waals surface area contributed by atoms with Gasteiger partial charge in [-0.15, -0.1) is 0 Å². The second kappa shape index (κ2) is 7.98. The van der Waals surface area contributed by atoms with Crippen LogP contribution in [0.2, 0.25) is 5.02 Å². The fourth-order valence-electron chi connectivity index (χ4n) is 3.00. The third-order valence-corrected chi connectivity index (χ3v) is 5.45. The largest absolute Gasteiger partial charge is 0.273 e. The van der Waals surface area contributed by atoms with Crippen LogP contribution in [0.25, 0.3) is 5.69 Å². The van der Waals surface area contributed by atoms with Gasteiger partial charge in [-0.25, -0.2) is 5.01 Å². The van der Waals surface area contributed by atoms with Crippen molar-refractivity contribution >= 4 is 51.4 Å². The van der Waals surface area contributed by atoms with Crippen LogP contribution in [-0.4, -0.2) is 31.4 Å². The maximum Gasteiger partial charge on any atom is 0.243 e. The Labute approximate surface area is 180 Å². The number of benzene rings is 2. The van der Waals surface area contributed by atoms with Crippen LogP contribution in [0, 0.1) is 4.77 Å². The molecule has 1 aliphatic rings. The molecule has 0 fully saturated rings. The summed E-state index contributed by atoms with van der Waals surface area (Å²) in [6, 6.07) is 15.2. The summed E-state index contributed by atoms with van der Waals surface area (Å²) in [7, 11) is 0. The topological polar surface area (TPSA) is 66.3 Å². The number of carbonyl (C=O) groups is 1. The van der Waals surface area contributed by atoms with Crippen LogP contribution in [-0.2, 0) is 11.3 Å². The van der Waals surface area contributed by atoms with Gasteiger partial charge in [0.05, 0.1) is 5.71 Å². The summed E-state index contributed by atoms with van der Waals surface area (Å²) < 4.78 is 3.24. The van der Waals surface area contributed by atoms with Crippen LogP contribution in [0.4, 0.5) is 0 Å². The Hall–Kier alpha value is -2.29. The Kier molecular flexibility index (Phi) is 5.43. The second-order valence-electron chi connectivity index (χ2n) is 6.26. The molecule has 0 saturated carbocycles. The second-order valence-corrected chi connectivity index (χ2v) is 8.00. The molecule has 0 atom stereocenters. The molecule has 1 aromatic heterocycles. The predicted molar refractivity (Wildman–Crippen MR) is 114 cm³/mol. The van der Waals surface area contributed by atoms with Gasteiger partial charge in [0.1, 0.15) is 6.54 Å². The van der Waals surface area contributed by atoms with E-state index in [0.717, 1.165) is 21.4 Å². The average molecular weight is 477 g/mol. The molecule has 142 valence electrons. The molecule has 1 N–H and O–H groups in total. The molecule has 2 heterocycles. The molecule has 0 bridgehead atoms. The number of aromatic nitrogens is 3. The van der Waals surface area contributed by atoms with Crippen molar-refractivity contribution in [3.05, 3.63) is 74.2 Å². The molecule has 6 nitrogen and oxygen atoms in total. The van der Waals surface area contributed by atoms with Crippen LogP contribution in [0.5, 0.6) is 0 Å². The highest BCUT2D eigenvalue weighted by Gasteiger charge is 2.23. The lowest BCUT2D eigenvalue weighted by atomic mass is 10.0. The first kappa shape index (κ1) is 19.0. The van der Waals surface area contributed by atoms with E-state index < -0.39 is 0 Å². The summed E-state index contributed by atoms with van der Waals surface area (Å²) in [5.74, 6) is 0.566. The Morgan fingerprint density at radius 1 is 1.11 bits per heavy atom. The molecule has 0 unspecified atom stereocenters. The van der Waals surface area contributed by atoms with E-state index in [-0.39, 0.29) is 12.5 Å². The smallest absolute Gasteiger partial charge is 0.243 e. The van der Waals surface area contributed by atoms with Crippen LogP contribution >= 0.6 is 39.7 Å². The minimum absolute atomic E-state index is 0.0472. The zero-order valence-electron chi connectivity index (χ0n) is 14.6. The molecule has 0 spiro atoms. The highest BCUT2D eigenvalue weighted by molar-refractivity contribution is 9.10. The summed E-state index contributed by atoms with van der Waals surface area (Å²) in [5.41, 5.74) is 2.66. The molecular formula is C19H15BrClN5OS. The highest BCUT2D eigenvalue weighted by atomic mass is 79.9. The SMILES string of the molecule is O=C1CCC(c2ccc(Cl)cc2)=NN1Cc1n[nH]c(=S)n1-c1ccc(Br)cc1. The number of hydrogen-bond acceptors (Lipinski definition) is 4. The summed E-state index contributed by atoms with van der Waals surface area (Å²) in [6.07, 6.45) is 0.988. The van der Waals surface area contributed by atoms with Gasteiger partial charge in [-0.05, 0) is 54.2 Å². The first-order valence-electron chi connectivity index (χ1n) is 8.57. The molecule has 4 rings (SSSR count). The number of amides is 1. The van der Waals surface area contributed by atoms with E-state index in [9.17, 15) is 4.79 Å². The van der Waals surface area contributed by atoms with E-state index in [0.29, 0.717) is 28.5 Å². The summed E-state index contributed by atoms with van der Waals surface area (Å²) in [5, 5.41) is 13.8. The quantitative estimate of drug-likeness (QED) is 0.546. The lowest BCUT2D eigenvalue weighted by molar-refractivity contribution is -0.132. The molecule has 0 aliphatic carbocycles. The van der Waals surface area contributed by atoms with E-state index in [2.05, 4.69) is 31.2 Å². The van der Waals surface area contributed by atoms with Gasteiger partial charge in [0.2, 0.25) is 5.91 Å². The standard InChI is InChI=1S/C19H15BrClN5OS/c20-13-3-7-15(8-4-13)26-17(22-23-19(26)28)11-25-18(27)10-9-16(24-25)12-1-5-14(21)6-2-12/h1-8H,9-11H2,(H,23,28). The number of halogens is 2. The van der Waals surface area contributed by atoms with Crippen molar-refractivity contribution in [2.24, 2.45) is 5.10 Å². The molecular weight excluding hydrogens is 462 g/mol. The first-order chi connectivity index (χ1) is 13.5. The zero-order chi connectivity index (χ0) is 19.7. The van der Waals surface area contributed by atoms with Gasteiger partial charge in [-0.2, -0.15) is 10.2 Å². The first-order valence-corrected chi connectivity index (χ1v) is 10.2. The third-order valence-electron chi connectivity index (χ3n) is 4.40. The molecule has 28 heavy (non-hydrogen) atoms. The molecule has 2 aromatic carbocycles. The van der Waals surface area contributed by atoms with Crippen LogP contribution in [0.3, 0.4) is 0 Å². The minimum Gasteiger partial charge on any atom is -0.273 e. The predicted octanol–water partition coefficient (Wildman–Crippen LogP) is 4.87. The molecule has 3 aromatic rings. The number of hydrogen-bond donors (Lipinski definition) is 1.